The minimum atomic E-state index is -4.56. The summed E-state index contributed by atoms with van der Waals surface area (Å²) in [6.45, 7) is 6.65. The van der Waals surface area contributed by atoms with E-state index in [1.807, 2.05) is 6.07 Å². The molecule has 9 nitrogen and oxygen atoms in total. The Balaban J connectivity index is 1.30. The fourth-order valence-corrected chi connectivity index (χ4v) is 4.78. The molecule has 1 aliphatic heterocycles. The molecule has 1 aliphatic rings. The number of ether oxygens (including phenoxy) is 1. The highest BCUT2D eigenvalue weighted by Gasteiger charge is 2.31. The number of H-pyrrole nitrogens is 1. The Kier molecular flexibility index (Phi) is 8.74. The minimum Gasteiger partial charge on any atom is -0.384 e. The number of hydrogen-bond donors (Lipinski definition) is 4. The Labute approximate surface area is 240 Å². The van der Waals surface area contributed by atoms with Crippen LogP contribution in [0.4, 0.5) is 30.2 Å². The predicted molar refractivity (Wildman–Crippen MR) is 155 cm³/mol. The maximum Gasteiger partial charge on any atom is 0.416 e. The zero-order valence-electron chi connectivity index (χ0n) is 23.0. The third-order valence-electron chi connectivity index (χ3n) is 7.08. The molecule has 220 valence electrons. The van der Waals surface area contributed by atoms with Gasteiger partial charge in [0.1, 0.15) is 5.65 Å². The second kappa shape index (κ2) is 12.6. The lowest BCUT2D eigenvalue weighted by molar-refractivity contribution is -0.137. The Hall–Kier alpha value is -4.42. The summed E-state index contributed by atoms with van der Waals surface area (Å²) < 4.78 is 44.7. The molecule has 0 unspecified atom stereocenters. The molecule has 2 aromatic carbocycles. The molecule has 2 aromatic heterocycles. The van der Waals surface area contributed by atoms with E-state index in [9.17, 15) is 22.8 Å². The summed E-state index contributed by atoms with van der Waals surface area (Å²) in [7, 11) is 0. The van der Waals surface area contributed by atoms with Gasteiger partial charge in [0.25, 0.3) is 11.8 Å². The fraction of sp³-hybridized carbons (Fsp3) is 0.300. The van der Waals surface area contributed by atoms with Crippen molar-refractivity contribution in [2.75, 3.05) is 55.3 Å². The van der Waals surface area contributed by atoms with Gasteiger partial charge in [-0.3, -0.25) is 14.5 Å². The van der Waals surface area contributed by atoms with Crippen molar-refractivity contribution in [3.8, 4) is 0 Å². The van der Waals surface area contributed by atoms with Crippen molar-refractivity contribution in [3.05, 3.63) is 83.2 Å². The van der Waals surface area contributed by atoms with Gasteiger partial charge in [-0.2, -0.15) is 13.2 Å². The first-order chi connectivity index (χ1) is 20.2. The molecule has 0 saturated carbocycles. The van der Waals surface area contributed by atoms with Crippen LogP contribution in [0.2, 0.25) is 0 Å². The second-order valence-corrected chi connectivity index (χ2v) is 10.0. The fourth-order valence-electron chi connectivity index (χ4n) is 4.78. The first kappa shape index (κ1) is 29.1. The van der Waals surface area contributed by atoms with Crippen molar-refractivity contribution in [2.45, 2.75) is 19.5 Å². The third-order valence-corrected chi connectivity index (χ3v) is 7.08. The lowest BCUT2D eigenvalue weighted by Crippen LogP contribution is -2.37. The van der Waals surface area contributed by atoms with E-state index >= 15 is 0 Å². The van der Waals surface area contributed by atoms with Crippen LogP contribution in [-0.2, 0) is 10.9 Å². The number of carbonyl (C=O) groups excluding carboxylic acids is 2. The predicted octanol–water partition coefficient (Wildman–Crippen LogP) is 5.53. The summed E-state index contributed by atoms with van der Waals surface area (Å²) in [5.74, 6) is -1.10. The summed E-state index contributed by atoms with van der Waals surface area (Å²) in [5.41, 5.74) is 2.11. The van der Waals surface area contributed by atoms with Gasteiger partial charge in [-0.25, -0.2) is 4.98 Å². The van der Waals surface area contributed by atoms with E-state index in [0.29, 0.717) is 34.8 Å². The normalized spacial score (nSPS) is 14.1. The average Bonchev–Trinajstić information content (AvgIpc) is 3.46. The molecule has 0 radical (unpaired) electrons. The summed E-state index contributed by atoms with van der Waals surface area (Å²) in [6.07, 6.45) is -0.416. The largest absolute Gasteiger partial charge is 0.416 e. The Bertz CT molecular complexity index is 1580. The Morgan fingerprint density at radius 1 is 1.05 bits per heavy atom. The average molecular weight is 581 g/mol. The first-order valence-electron chi connectivity index (χ1n) is 13.6. The van der Waals surface area contributed by atoms with E-state index in [4.69, 9.17) is 4.74 Å². The molecule has 0 aliphatic carbocycles. The number of pyridine rings is 1. The molecular formula is C30H31F3N6O3. The Morgan fingerprint density at radius 3 is 2.64 bits per heavy atom. The van der Waals surface area contributed by atoms with Gasteiger partial charge in [-0.15, -0.1) is 0 Å². The van der Waals surface area contributed by atoms with Gasteiger partial charge >= 0.3 is 6.18 Å². The number of nitrogens with zero attached hydrogens (tertiary/aromatic N) is 2. The number of aromatic amines is 1. The number of fused-ring (bicyclic) bond motifs is 1. The van der Waals surface area contributed by atoms with Crippen LogP contribution in [0.15, 0.2) is 60.9 Å². The highest BCUT2D eigenvalue weighted by Crippen LogP contribution is 2.30. The Morgan fingerprint density at radius 2 is 1.86 bits per heavy atom. The SMILES string of the molecule is Cc1ccc(NC(=O)c2cccc(C(F)(F)F)c2)cc1NC(=O)c1cnc2[nH]ccc2c1NCCCN1CCOCC1. The van der Waals surface area contributed by atoms with Crippen LogP contribution in [0.5, 0.6) is 0 Å². The van der Waals surface area contributed by atoms with Crippen molar-refractivity contribution in [1.82, 2.24) is 14.9 Å². The molecule has 3 heterocycles. The van der Waals surface area contributed by atoms with Gasteiger partial charge in [-0.1, -0.05) is 12.1 Å². The maximum atomic E-state index is 13.5. The van der Waals surface area contributed by atoms with E-state index < -0.39 is 23.6 Å². The van der Waals surface area contributed by atoms with Crippen molar-refractivity contribution in [3.63, 3.8) is 0 Å². The van der Waals surface area contributed by atoms with E-state index in [0.717, 1.165) is 62.4 Å². The van der Waals surface area contributed by atoms with Gasteiger partial charge in [0.15, 0.2) is 0 Å². The number of benzene rings is 2. The summed E-state index contributed by atoms with van der Waals surface area (Å²) in [5, 5.41) is 9.71. The molecule has 1 saturated heterocycles. The van der Waals surface area contributed by atoms with Crippen LogP contribution < -0.4 is 16.0 Å². The summed E-state index contributed by atoms with van der Waals surface area (Å²) in [4.78, 5) is 36.0. The molecule has 12 heteroatoms. The number of rotatable bonds is 9. The number of aryl methyl sites for hydroxylation is 1. The minimum absolute atomic E-state index is 0.133. The van der Waals surface area contributed by atoms with Gasteiger partial charge in [0, 0.05) is 54.4 Å². The van der Waals surface area contributed by atoms with Crippen LogP contribution in [0, 0.1) is 6.92 Å². The lowest BCUT2D eigenvalue weighted by Gasteiger charge is -2.26. The number of nitrogens with one attached hydrogen (secondary N) is 4. The standard InChI is InChI=1S/C30H31F3N6O3/c1-19-6-7-22(37-28(40)20-4-2-5-21(16-20)30(31,32)33)17-25(19)38-29(41)24-18-36-27-23(8-10-35-27)26(24)34-9-3-11-39-12-14-42-15-13-39/h2,4-8,10,16-18H,3,9,11-15H2,1H3,(H,37,40)(H,38,41)(H2,34,35,36). The quantitative estimate of drug-likeness (QED) is 0.194. The summed E-state index contributed by atoms with van der Waals surface area (Å²) in [6, 6.07) is 10.9. The van der Waals surface area contributed by atoms with E-state index in [2.05, 4.69) is 30.8 Å². The molecule has 0 bridgehead atoms. The van der Waals surface area contributed by atoms with Crippen molar-refractivity contribution < 1.29 is 27.5 Å². The van der Waals surface area contributed by atoms with Gasteiger partial charge in [0.2, 0.25) is 0 Å². The molecule has 4 aromatic rings. The van der Waals surface area contributed by atoms with Gasteiger partial charge in [0.05, 0.1) is 30.0 Å². The molecule has 4 N–H and O–H groups in total. The van der Waals surface area contributed by atoms with Crippen molar-refractivity contribution in [1.29, 1.82) is 0 Å². The zero-order chi connectivity index (χ0) is 29.7. The van der Waals surface area contributed by atoms with Crippen molar-refractivity contribution in [2.24, 2.45) is 0 Å². The molecule has 0 spiro atoms. The molecule has 2 amide bonds. The van der Waals surface area contributed by atoms with Crippen LogP contribution in [-0.4, -0.2) is 66.1 Å². The first-order valence-corrected chi connectivity index (χ1v) is 13.6. The number of amides is 2. The molecule has 0 atom stereocenters. The number of anilines is 3. The van der Waals surface area contributed by atoms with Crippen LogP contribution in [0.3, 0.4) is 0 Å². The number of aromatic nitrogens is 2. The second-order valence-electron chi connectivity index (χ2n) is 10.0. The van der Waals surface area contributed by atoms with Crippen LogP contribution in [0.25, 0.3) is 11.0 Å². The lowest BCUT2D eigenvalue weighted by atomic mass is 10.1. The number of hydrogen-bond acceptors (Lipinski definition) is 6. The number of alkyl halides is 3. The molecule has 1 fully saturated rings. The van der Waals surface area contributed by atoms with E-state index in [1.165, 1.54) is 18.3 Å². The number of carbonyl (C=O) groups is 2. The highest BCUT2D eigenvalue weighted by atomic mass is 19.4. The van der Waals surface area contributed by atoms with Gasteiger partial charge < -0.3 is 25.7 Å². The monoisotopic (exact) mass is 580 g/mol. The van der Waals surface area contributed by atoms with Crippen LogP contribution in [0.1, 0.15) is 38.3 Å². The van der Waals surface area contributed by atoms with E-state index in [1.54, 1.807) is 31.3 Å². The zero-order valence-corrected chi connectivity index (χ0v) is 23.0. The van der Waals surface area contributed by atoms with Crippen molar-refractivity contribution >= 4 is 39.9 Å². The number of morpholine rings is 1. The van der Waals surface area contributed by atoms with Gasteiger partial charge in [-0.05, 0) is 61.9 Å². The topological polar surface area (TPSA) is 111 Å². The van der Waals surface area contributed by atoms with E-state index in [-0.39, 0.29) is 5.56 Å². The molecule has 5 rings (SSSR count). The molecular weight excluding hydrogens is 549 g/mol. The smallest absolute Gasteiger partial charge is 0.384 e. The number of halogens is 3. The van der Waals surface area contributed by atoms with Crippen LogP contribution >= 0.6 is 0 Å². The highest BCUT2D eigenvalue weighted by molar-refractivity contribution is 6.12. The maximum absolute atomic E-state index is 13.5. The summed E-state index contributed by atoms with van der Waals surface area (Å²) >= 11 is 0. The third kappa shape index (κ3) is 6.89. The molecule has 42 heavy (non-hydrogen) atoms.